The van der Waals surface area contributed by atoms with Crippen LogP contribution in [0.2, 0.25) is 0 Å². The smallest absolute Gasteiger partial charge is 0.330 e. The van der Waals surface area contributed by atoms with Crippen LogP contribution in [-0.4, -0.2) is 19.1 Å². The molecule has 11 heavy (non-hydrogen) atoms. The van der Waals surface area contributed by atoms with E-state index in [-0.39, 0.29) is 6.54 Å². The Morgan fingerprint density at radius 1 is 1.82 bits per heavy atom. The van der Waals surface area contributed by atoms with Crippen LogP contribution >= 0.6 is 0 Å². The van der Waals surface area contributed by atoms with Gasteiger partial charge >= 0.3 is 5.97 Å². The summed E-state index contributed by atoms with van der Waals surface area (Å²) < 4.78 is 4.56. The molecular formula is C6H9N3O2. The number of rotatable bonds is 4. The Morgan fingerprint density at radius 3 is 3.09 bits per heavy atom. The van der Waals surface area contributed by atoms with Crippen LogP contribution in [0.1, 0.15) is 6.92 Å². The van der Waals surface area contributed by atoms with E-state index in [0.717, 1.165) is 0 Å². The maximum Gasteiger partial charge on any atom is 0.330 e. The van der Waals surface area contributed by atoms with Crippen LogP contribution in [0.4, 0.5) is 0 Å². The minimum Gasteiger partial charge on any atom is -0.463 e. The summed E-state index contributed by atoms with van der Waals surface area (Å²) in [5.41, 5.74) is 7.84. The van der Waals surface area contributed by atoms with E-state index in [1.54, 1.807) is 6.92 Å². The second kappa shape index (κ2) is 6.64. The van der Waals surface area contributed by atoms with Crippen molar-refractivity contribution in [2.24, 2.45) is 5.11 Å². The summed E-state index contributed by atoms with van der Waals surface area (Å²) >= 11 is 0. The molecule has 0 saturated carbocycles. The fourth-order valence-electron chi connectivity index (χ4n) is 0.423. The summed E-state index contributed by atoms with van der Waals surface area (Å²) in [4.78, 5) is 13.1. The lowest BCUT2D eigenvalue weighted by Crippen LogP contribution is -1.98. The third kappa shape index (κ3) is 6.40. The van der Waals surface area contributed by atoms with Gasteiger partial charge in [0.15, 0.2) is 0 Å². The number of ether oxygens (including phenoxy) is 1. The second-order valence-electron chi connectivity index (χ2n) is 1.57. The molecule has 0 fully saturated rings. The third-order valence-corrected chi connectivity index (χ3v) is 0.791. The number of hydrogen-bond acceptors (Lipinski definition) is 3. The first kappa shape index (κ1) is 9.52. The Hall–Kier alpha value is -1.48. The van der Waals surface area contributed by atoms with E-state index in [0.29, 0.717) is 6.61 Å². The maximum absolute atomic E-state index is 10.6. The summed E-state index contributed by atoms with van der Waals surface area (Å²) in [5, 5.41) is 3.19. The highest BCUT2D eigenvalue weighted by molar-refractivity contribution is 5.81. The van der Waals surface area contributed by atoms with E-state index >= 15 is 0 Å². The zero-order valence-corrected chi connectivity index (χ0v) is 6.23. The zero-order chi connectivity index (χ0) is 8.53. The van der Waals surface area contributed by atoms with Crippen LogP contribution in [0.15, 0.2) is 17.3 Å². The molecule has 0 radical (unpaired) electrons. The zero-order valence-electron chi connectivity index (χ0n) is 6.23. The topological polar surface area (TPSA) is 75.1 Å². The fraction of sp³-hybridized carbons (Fsp3) is 0.500. The largest absolute Gasteiger partial charge is 0.463 e. The van der Waals surface area contributed by atoms with Gasteiger partial charge in [-0.25, -0.2) is 4.79 Å². The van der Waals surface area contributed by atoms with E-state index in [2.05, 4.69) is 14.8 Å². The highest BCUT2D eigenvalue weighted by atomic mass is 16.5. The Labute approximate surface area is 64.3 Å². The number of esters is 1. The maximum atomic E-state index is 10.6. The molecule has 0 aliphatic heterocycles. The summed E-state index contributed by atoms with van der Waals surface area (Å²) in [7, 11) is 0. The average Bonchev–Trinajstić information content (AvgIpc) is 1.99. The Bertz CT molecular complexity index is 194. The van der Waals surface area contributed by atoms with Crippen molar-refractivity contribution < 1.29 is 9.53 Å². The molecule has 0 aromatic rings. The van der Waals surface area contributed by atoms with Crippen LogP contribution in [0.5, 0.6) is 0 Å². The van der Waals surface area contributed by atoms with Gasteiger partial charge in [0.25, 0.3) is 0 Å². The molecular weight excluding hydrogens is 146 g/mol. The quantitative estimate of drug-likeness (QED) is 0.202. The summed E-state index contributed by atoms with van der Waals surface area (Å²) in [5.74, 6) is -0.416. The molecule has 5 nitrogen and oxygen atoms in total. The van der Waals surface area contributed by atoms with Crippen molar-refractivity contribution in [1.29, 1.82) is 0 Å². The first-order chi connectivity index (χ1) is 5.31. The predicted molar refractivity (Wildman–Crippen MR) is 39.8 cm³/mol. The van der Waals surface area contributed by atoms with Gasteiger partial charge in [-0.2, -0.15) is 0 Å². The van der Waals surface area contributed by atoms with Crippen LogP contribution in [0.3, 0.4) is 0 Å². The molecule has 0 spiro atoms. The molecule has 0 aromatic carbocycles. The summed E-state index contributed by atoms with van der Waals surface area (Å²) in [6.45, 7) is 2.25. The Kier molecular flexibility index (Phi) is 5.74. The Balaban J connectivity index is 3.56. The van der Waals surface area contributed by atoms with E-state index < -0.39 is 5.97 Å². The van der Waals surface area contributed by atoms with Crippen LogP contribution < -0.4 is 0 Å². The van der Waals surface area contributed by atoms with Crippen molar-refractivity contribution in [3.8, 4) is 0 Å². The second-order valence-corrected chi connectivity index (χ2v) is 1.57. The SMILES string of the molecule is CCOC(=O)C=CCN=[N+]=[N-]. The van der Waals surface area contributed by atoms with Gasteiger partial charge in [-0.05, 0) is 12.5 Å². The molecule has 0 aliphatic carbocycles. The molecule has 5 heteroatoms. The van der Waals surface area contributed by atoms with Gasteiger partial charge in [-0.15, -0.1) is 0 Å². The third-order valence-electron chi connectivity index (χ3n) is 0.791. The van der Waals surface area contributed by atoms with Gasteiger partial charge in [-0.3, -0.25) is 0 Å². The normalized spacial score (nSPS) is 9.18. The minimum atomic E-state index is -0.416. The van der Waals surface area contributed by atoms with E-state index in [9.17, 15) is 4.79 Å². The lowest BCUT2D eigenvalue weighted by molar-refractivity contribution is -0.137. The molecule has 0 saturated heterocycles. The van der Waals surface area contributed by atoms with Gasteiger partial charge in [0.1, 0.15) is 0 Å². The first-order valence-electron chi connectivity index (χ1n) is 3.15. The van der Waals surface area contributed by atoms with Gasteiger partial charge < -0.3 is 4.74 Å². The van der Waals surface area contributed by atoms with Gasteiger partial charge in [-0.1, -0.05) is 11.2 Å². The molecule has 0 N–H and O–H groups in total. The van der Waals surface area contributed by atoms with Crippen molar-refractivity contribution in [2.45, 2.75) is 6.92 Å². The van der Waals surface area contributed by atoms with Crippen molar-refractivity contribution in [3.05, 3.63) is 22.6 Å². The highest BCUT2D eigenvalue weighted by Gasteiger charge is 1.90. The van der Waals surface area contributed by atoms with Crippen LogP contribution in [0.25, 0.3) is 10.4 Å². The number of carbonyl (C=O) groups is 1. The monoisotopic (exact) mass is 155 g/mol. The fourth-order valence-corrected chi connectivity index (χ4v) is 0.423. The Morgan fingerprint density at radius 2 is 2.55 bits per heavy atom. The average molecular weight is 155 g/mol. The lowest BCUT2D eigenvalue weighted by atomic mass is 10.5. The van der Waals surface area contributed by atoms with Crippen molar-refractivity contribution in [1.82, 2.24) is 0 Å². The molecule has 0 bridgehead atoms. The van der Waals surface area contributed by atoms with Crippen molar-refractivity contribution in [2.75, 3.05) is 13.2 Å². The van der Waals surface area contributed by atoms with Crippen LogP contribution in [-0.2, 0) is 9.53 Å². The number of hydrogen-bond donors (Lipinski definition) is 0. The van der Waals surface area contributed by atoms with Gasteiger partial charge in [0.05, 0.1) is 6.61 Å². The molecule has 0 unspecified atom stereocenters. The first-order valence-corrected chi connectivity index (χ1v) is 3.15. The predicted octanol–water partition coefficient (Wildman–Crippen LogP) is 1.42. The van der Waals surface area contributed by atoms with Gasteiger partial charge in [0.2, 0.25) is 0 Å². The van der Waals surface area contributed by atoms with Crippen LogP contribution in [0, 0.1) is 0 Å². The molecule has 0 atom stereocenters. The standard InChI is InChI=1S/C6H9N3O2/c1-2-11-6(10)4-3-5-8-9-7/h3-4H,2,5H2,1H3. The van der Waals surface area contributed by atoms with E-state index in [4.69, 9.17) is 5.53 Å². The molecule has 0 amide bonds. The number of nitrogens with zero attached hydrogens (tertiary/aromatic N) is 3. The molecule has 0 heterocycles. The lowest BCUT2D eigenvalue weighted by Gasteiger charge is -1.92. The van der Waals surface area contributed by atoms with E-state index in [1.165, 1.54) is 12.2 Å². The van der Waals surface area contributed by atoms with Crippen molar-refractivity contribution >= 4 is 5.97 Å². The molecule has 0 aromatic heterocycles. The molecule has 0 rings (SSSR count). The number of azide groups is 1. The van der Waals surface area contributed by atoms with Gasteiger partial charge in [0, 0.05) is 17.5 Å². The van der Waals surface area contributed by atoms with Crippen molar-refractivity contribution in [3.63, 3.8) is 0 Å². The molecule has 60 valence electrons. The highest BCUT2D eigenvalue weighted by Crippen LogP contribution is 1.81. The summed E-state index contributed by atoms with van der Waals surface area (Å²) in [6, 6.07) is 0. The minimum absolute atomic E-state index is 0.176. The number of carbonyl (C=O) groups excluding carboxylic acids is 1. The van der Waals surface area contributed by atoms with E-state index in [1.807, 2.05) is 0 Å². The molecule has 0 aliphatic rings. The summed E-state index contributed by atoms with van der Waals surface area (Å²) in [6.07, 6.45) is 2.68.